The van der Waals surface area contributed by atoms with E-state index in [1.54, 1.807) is 31.3 Å². The zero-order chi connectivity index (χ0) is 20.6. The molecule has 0 aliphatic rings. The van der Waals surface area contributed by atoms with Crippen molar-refractivity contribution in [3.05, 3.63) is 60.2 Å². The van der Waals surface area contributed by atoms with E-state index in [9.17, 15) is 8.42 Å². The lowest BCUT2D eigenvalue weighted by atomic mass is 10.2. The minimum absolute atomic E-state index is 0.254. The van der Waals surface area contributed by atoms with E-state index in [0.717, 1.165) is 30.8 Å². The van der Waals surface area contributed by atoms with Gasteiger partial charge in [-0.3, -0.25) is 0 Å². The number of nitrogens with one attached hydrogen (secondary N) is 3. The zero-order valence-corrected chi connectivity index (χ0v) is 18.2. The highest BCUT2D eigenvalue weighted by molar-refractivity contribution is 7.89. The molecular weight excluding hydrogens is 392 g/mol. The van der Waals surface area contributed by atoms with Gasteiger partial charge in [0, 0.05) is 32.2 Å². The van der Waals surface area contributed by atoms with Gasteiger partial charge in [0.15, 0.2) is 5.11 Å². The Kier molecular flexibility index (Phi) is 8.37. The van der Waals surface area contributed by atoms with E-state index in [4.69, 9.17) is 12.2 Å². The van der Waals surface area contributed by atoms with Crippen LogP contribution in [0.3, 0.4) is 0 Å². The first-order valence-electron chi connectivity index (χ1n) is 9.23. The Balaban J connectivity index is 1.92. The van der Waals surface area contributed by atoms with Gasteiger partial charge in [0.05, 0.1) is 25.5 Å². The molecule has 152 valence electrons. The fraction of sp³-hybridized carbons (Fsp3) is 0.350. The van der Waals surface area contributed by atoms with Crippen molar-refractivity contribution in [2.24, 2.45) is 0 Å². The molecule has 0 saturated carbocycles. The third-order valence-electron chi connectivity index (χ3n) is 4.21. The molecule has 0 aliphatic carbocycles. The molecule has 2 aromatic carbocycles. The summed E-state index contributed by atoms with van der Waals surface area (Å²) in [6, 6.07) is 16.2. The summed E-state index contributed by atoms with van der Waals surface area (Å²) >= 11 is 5.28. The van der Waals surface area contributed by atoms with Gasteiger partial charge in [-0.15, -0.1) is 0 Å². The van der Waals surface area contributed by atoms with Gasteiger partial charge in [0.25, 0.3) is 0 Å². The number of quaternary nitrogens is 1. The van der Waals surface area contributed by atoms with E-state index in [2.05, 4.69) is 24.7 Å². The van der Waals surface area contributed by atoms with Gasteiger partial charge in [-0.1, -0.05) is 30.3 Å². The van der Waals surface area contributed by atoms with Crippen molar-refractivity contribution in [1.82, 2.24) is 9.62 Å². The molecule has 0 atom stereocenters. The molecule has 28 heavy (non-hydrogen) atoms. The summed E-state index contributed by atoms with van der Waals surface area (Å²) in [5, 5.41) is 6.77. The van der Waals surface area contributed by atoms with Gasteiger partial charge >= 0.3 is 0 Å². The molecule has 0 heterocycles. The maximum atomic E-state index is 12.8. The molecule has 0 fully saturated rings. The molecule has 0 bridgehead atoms. The highest BCUT2D eigenvalue weighted by Crippen LogP contribution is 2.19. The van der Waals surface area contributed by atoms with Crippen molar-refractivity contribution in [1.29, 1.82) is 0 Å². The van der Waals surface area contributed by atoms with E-state index >= 15 is 0 Å². The number of anilines is 1. The zero-order valence-electron chi connectivity index (χ0n) is 16.6. The van der Waals surface area contributed by atoms with Gasteiger partial charge < -0.3 is 15.5 Å². The van der Waals surface area contributed by atoms with Gasteiger partial charge in [0.2, 0.25) is 10.0 Å². The van der Waals surface area contributed by atoms with Crippen molar-refractivity contribution in [3.8, 4) is 0 Å². The fourth-order valence-corrected chi connectivity index (χ4v) is 4.01. The van der Waals surface area contributed by atoms with E-state index in [1.165, 1.54) is 9.21 Å². The Morgan fingerprint density at radius 2 is 1.71 bits per heavy atom. The summed E-state index contributed by atoms with van der Waals surface area (Å²) in [7, 11) is 2.26. The fourth-order valence-electron chi connectivity index (χ4n) is 2.63. The standard InChI is InChI=1S/C20H28N4O2S2/c1-23(2)15-7-14-21-20(27)22-18-10-12-19(13-11-18)28(25,26)24(3)16-17-8-5-4-6-9-17/h4-6,8-13H,7,14-16H2,1-3H3,(H2,21,22,27)/p+1. The van der Waals surface area contributed by atoms with Gasteiger partial charge in [-0.05, 0) is 42.0 Å². The molecule has 2 aromatic rings. The Hall–Kier alpha value is -2.00. The van der Waals surface area contributed by atoms with Gasteiger partial charge in [0.1, 0.15) is 0 Å². The van der Waals surface area contributed by atoms with Gasteiger partial charge in [-0.2, -0.15) is 4.31 Å². The summed E-state index contributed by atoms with van der Waals surface area (Å²) < 4.78 is 26.9. The second kappa shape index (κ2) is 10.5. The summed E-state index contributed by atoms with van der Waals surface area (Å²) in [4.78, 5) is 1.65. The lowest BCUT2D eigenvalue weighted by molar-refractivity contribution is -0.858. The van der Waals surface area contributed by atoms with Crippen molar-refractivity contribution in [2.75, 3.05) is 39.5 Å². The second-order valence-corrected chi connectivity index (χ2v) is 9.42. The number of sulfonamides is 1. The summed E-state index contributed by atoms with van der Waals surface area (Å²) in [6.45, 7) is 2.19. The van der Waals surface area contributed by atoms with Crippen LogP contribution in [0.5, 0.6) is 0 Å². The van der Waals surface area contributed by atoms with E-state index in [0.29, 0.717) is 11.7 Å². The number of nitrogens with zero attached hydrogens (tertiary/aromatic N) is 1. The molecule has 3 N–H and O–H groups in total. The second-order valence-electron chi connectivity index (χ2n) is 6.96. The largest absolute Gasteiger partial charge is 0.362 e. The molecular formula is C20H29N4O2S2+. The van der Waals surface area contributed by atoms with Crippen molar-refractivity contribution >= 4 is 33.0 Å². The highest BCUT2D eigenvalue weighted by Gasteiger charge is 2.20. The summed E-state index contributed by atoms with van der Waals surface area (Å²) in [6.07, 6.45) is 1.02. The van der Waals surface area contributed by atoms with Gasteiger partial charge in [-0.25, -0.2) is 8.42 Å². The first-order valence-corrected chi connectivity index (χ1v) is 11.1. The number of thiocarbonyl (C=S) groups is 1. The average molecular weight is 422 g/mol. The number of hydrogen-bond acceptors (Lipinski definition) is 3. The maximum Gasteiger partial charge on any atom is 0.243 e. The monoisotopic (exact) mass is 421 g/mol. The van der Waals surface area contributed by atoms with Crippen molar-refractivity contribution in [3.63, 3.8) is 0 Å². The molecule has 0 spiro atoms. The number of hydrogen-bond donors (Lipinski definition) is 3. The van der Waals surface area contributed by atoms with E-state index < -0.39 is 10.0 Å². The predicted molar refractivity (Wildman–Crippen MR) is 118 cm³/mol. The average Bonchev–Trinajstić information content (AvgIpc) is 2.66. The van der Waals surface area contributed by atoms with Crippen LogP contribution in [0, 0.1) is 0 Å². The van der Waals surface area contributed by atoms with Crippen LogP contribution in [-0.2, 0) is 16.6 Å². The van der Waals surface area contributed by atoms with Crippen LogP contribution in [0.15, 0.2) is 59.5 Å². The third kappa shape index (κ3) is 6.87. The minimum atomic E-state index is -3.55. The normalized spacial score (nSPS) is 11.6. The number of rotatable bonds is 9. The van der Waals surface area contributed by atoms with E-state index in [1.807, 2.05) is 30.3 Å². The molecule has 8 heteroatoms. The lowest BCUT2D eigenvalue weighted by Gasteiger charge is -2.18. The molecule has 0 aromatic heterocycles. The van der Waals surface area contributed by atoms with Crippen LogP contribution in [0.1, 0.15) is 12.0 Å². The molecule has 6 nitrogen and oxygen atoms in total. The third-order valence-corrected chi connectivity index (χ3v) is 6.27. The number of benzene rings is 2. The van der Waals surface area contributed by atoms with Crippen LogP contribution in [-0.4, -0.2) is 52.1 Å². The van der Waals surface area contributed by atoms with Crippen LogP contribution < -0.4 is 15.5 Å². The van der Waals surface area contributed by atoms with Crippen LogP contribution in [0.4, 0.5) is 5.69 Å². The molecule has 0 unspecified atom stereocenters. The van der Waals surface area contributed by atoms with Crippen LogP contribution >= 0.6 is 12.2 Å². The summed E-state index contributed by atoms with van der Waals surface area (Å²) in [5.41, 5.74) is 1.69. The smallest absolute Gasteiger partial charge is 0.243 e. The predicted octanol–water partition coefficient (Wildman–Crippen LogP) is 1.33. The van der Waals surface area contributed by atoms with Crippen molar-refractivity contribution in [2.45, 2.75) is 17.9 Å². The molecule has 0 radical (unpaired) electrons. The Labute approximate surface area is 173 Å². The van der Waals surface area contributed by atoms with Crippen molar-refractivity contribution < 1.29 is 13.3 Å². The summed E-state index contributed by atoms with van der Waals surface area (Å²) in [5.74, 6) is 0. The first kappa shape index (κ1) is 22.3. The Bertz CT molecular complexity index is 854. The Morgan fingerprint density at radius 1 is 1.07 bits per heavy atom. The maximum absolute atomic E-state index is 12.8. The quantitative estimate of drug-likeness (QED) is 0.421. The minimum Gasteiger partial charge on any atom is -0.362 e. The highest BCUT2D eigenvalue weighted by atomic mass is 32.2. The Morgan fingerprint density at radius 3 is 2.32 bits per heavy atom. The SMILES string of the molecule is CN(Cc1ccccc1)S(=O)(=O)c1ccc(NC(=S)NCCC[NH+](C)C)cc1. The molecule has 0 aliphatic heterocycles. The molecule has 0 saturated heterocycles. The molecule has 0 amide bonds. The lowest BCUT2D eigenvalue weighted by Crippen LogP contribution is -3.05. The van der Waals surface area contributed by atoms with E-state index in [-0.39, 0.29) is 4.90 Å². The first-order chi connectivity index (χ1) is 13.3. The topological polar surface area (TPSA) is 65.9 Å². The van der Waals surface area contributed by atoms with Crippen LogP contribution in [0.2, 0.25) is 0 Å². The van der Waals surface area contributed by atoms with Crippen LogP contribution in [0.25, 0.3) is 0 Å². The molecule has 2 rings (SSSR count).